The summed E-state index contributed by atoms with van der Waals surface area (Å²) < 4.78 is 26.3. The smallest absolute Gasteiger partial charge is 0.242 e. The van der Waals surface area contributed by atoms with Crippen molar-refractivity contribution in [3.8, 4) is 0 Å². The van der Waals surface area contributed by atoms with E-state index in [0.717, 1.165) is 0 Å². The van der Waals surface area contributed by atoms with E-state index in [2.05, 4.69) is 28.8 Å². The Morgan fingerprint density at radius 2 is 1.90 bits per heavy atom. The molecule has 0 radical (unpaired) electrons. The molecule has 0 heterocycles. The molecule has 0 saturated carbocycles. The van der Waals surface area contributed by atoms with Gasteiger partial charge >= 0.3 is 0 Å². The van der Waals surface area contributed by atoms with Crippen molar-refractivity contribution in [1.82, 2.24) is 9.62 Å². The van der Waals surface area contributed by atoms with Gasteiger partial charge in [-0.15, -0.1) is 0 Å². The molecular formula is C13H24N4O2S. The average molecular weight is 300 g/mol. The molecule has 0 aliphatic rings. The number of rotatable bonds is 6. The van der Waals surface area contributed by atoms with Gasteiger partial charge in [0, 0.05) is 17.8 Å². The standard InChI is InChI=1S/C13H24N4O2S/c1-13(2,17(4)5)9-16-11-7-6-10(14)8-12(11)20(18,19)15-3/h6-8,15-16H,9,14H2,1-5H3. The van der Waals surface area contributed by atoms with Gasteiger partial charge in [-0.05, 0) is 53.2 Å². The van der Waals surface area contributed by atoms with E-state index in [0.29, 0.717) is 17.9 Å². The molecule has 114 valence electrons. The molecule has 1 aromatic carbocycles. The molecule has 20 heavy (non-hydrogen) atoms. The van der Waals surface area contributed by atoms with Crippen molar-refractivity contribution >= 4 is 21.4 Å². The number of nitrogen functional groups attached to an aromatic ring is 1. The number of hydrogen-bond acceptors (Lipinski definition) is 5. The molecule has 0 amide bonds. The predicted octanol–water partition coefficient (Wildman–Crippen LogP) is 0.929. The molecular weight excluding hydrogens is 276 g/mol. The Bertz CT molecular complexity index is 568. The summed E-state index contributed by atoms with van der Waals surface area (Å²) in [4.78, 5) is 2.23. The highest BCUT2D eigenvalue weighted by Crippen LogP contribution is 2.24. The molecule has 6 nitrogen and oxygen atoms in total. The molecule has 0 bridgehead atoms. The van der Waals surface area contributed by atoms with Gasteiger partial charge in [0.25, 0.3) is 0 Å². The SMILES string of the molecule is CNS(=O)(=O)c1cc(N)ccc1NCC(C)(C)N(C)C. The zero-order chi connectivity index (χ0) is 15.6. The van der Waals surface area contributed by atoms with Crippen molar-refractivity contribution in [2.24, 2.45) is 0 Å². The van der Waals surface area contributed by atoms with Crippen LogP contribution in [0.2, 0.25) is 0 Å². The second kappa shape index (κ2) is 5.99. The normalized spacial score (nSPS) is 12.7. The van der Waals surface area contributed by atoms with Crippen molar-refractivity contribution in [2.75, 3.05) is 38.7 Å². The van der Waals surface area contributed by atoms with Gasteiger partial charge in [0.2, 0.25) is 10.0 Å². The molecule has 0 spiro atoms. The van der Waals surface area contributed by atoms with Gasteiger partial charge in [0.05, 0.1) is 5.69 Å². The number of nitrogens with zero attached hydrogens (tertiary/aromatic N) is 1. The summed E-state index contributed by atoms with van der Waals surface area (Å²) in [5.41, 5.74) is 6.53. The van der Waals surface area contributed by atoms with Crippen LogP contribution >= 0.6 is 0 Å². The molecule has 1 aromatic rings. The Morgan fingerprint density at radius 1 is 1.30 bits per heavy atom. The number of benzene rings is 1. The lowest BCUT2D eigenvalue weighted by Crippen LogP contribution is -2.44. The van der Waals surface area contributed by atoms with Crippen LogP contribution in [0.25, 0.3) is 0 Å². The van der Waals surface area contributed by atoms with E-state index in [1.165, 1.54) is 13.1 Å². The molecule has 0 unspecified atom stereocenters. The van der Waals surface area contributed by atoms with Crippen LogP contribution in [0.1, 0.15) is 13.8 Å². The minimum atomic E-state index is -3.55. The fourth-order valence-electron chi connectivity index (χ4n) is 1.49. The summed E-state index contributed by atoms with van der Waals surface area (Å²) in [6, 6.07) is 4.82. The van der Waals surface area contributed by atoms with E-state index in [9.17, 15) is 8.42 Å². The van der Waals surface area contributed by atoms with Crippen LogP contribution in [-0.2, 0) is 10.0 Å². The van der Waals surface area contributed by atoms with Crippen molar-refractivity contribution in [1.29, 1.82) is 0 Å². The summed E-state index contributed by atoms with van der Waals surface area (Å²) in [5, 5.41) is 3.19. The fourth-order valence-corrected chi connectivity index (χ4v) is 2.43. The number of sulfonamides is 1. The van der Waals surface area contributed by atoms with Crippen LogP contribution in [0, 0.1) is 0 Å². The van der Waals surface area contributed by atoms with Crippen molar-refractivity contribution in [2.45, 2.75) is 24.3 Å². The summed E-state index contributed by atoms with van der Waals surface area (Å²) in [6.45, 7) is 4.75. The van der Waals surface area contributed by atoms with Gasteiger partial charge in [-0.3, -0.25) is 0 Å². The Labute approximate surface area is 121 Å². The highest BCUT2D eigenvalue weighted by Gasteiger charge is 2.22. The molecule has 4 N–H and O–H groups in total. The first kappa shape index (κ1) is 16.7. The molecule has 0 aromatic heterocycles. The van der Waals surface area contributed by atoms with Crippen LogP contribution in [0.4, 0.5) is 11.4 Å². The number of nitrogens with one attached hydrogen (secondary N) is 2. The number of anilines is 2. The molecule has 7 heteroatoms. The third-order valence-corrected chi connectivity index (χ3v) is 4.94. The molecule has 0 fully saturated rings. The Morgan fingerprint density at radius 3 is 2.40 bits per heavy atom. The number of likely N-dealkylation sites (N-methyl/N-ethyl adjacent to an activating group) is 1. The van der Waals surface area contributed by atoms with E-state index >= 15 is 0 Å². The second-order valence-corrected chi connectivity index (χ2v) is 7.38. The number of nitrogens with two attached hydrogens (primary N) is 1. The Kier molecular flexibility index (Phi) is 5.01. The van der Waals surface area contributed by atoms with Gasteiger partial charge in [0.15, 0.2) is 0 Å². The fraction of sp³-hybridized carbons (Fsp3) is 0.538. The summed E-state index contributed by atoms with van der Waals surface area (Å²) in [6.07, 6.45) is 0. The van der Waals surface area contributed by atoms with Crippen molar-refractivity contribution in [3.05, 3.63) is 18.2 Å². The Balaban J connectivity index is 3.08. The lowest BCUT2D eigenvalue weighted by Gasteiger charge is -2.33. The highest BCUT2D eigenvalue weighted by molar-refractivity contribution is 7.89. The minimum Gasteiger partial charge on any atom is -0.399 e. The van der Waals surface area contributed by atoms with Crippen LogP contribution in [0.3, 0.4) is 0 Å². The first-order chi connectivity index (χ1) is 9.10. The van der Waals surface area contributed by atoms with E-state index < -0.39 is 10.0 Å². The van der Waals surface area contributed by atoms with Crippen LogP contribution in [-0.4, -0.2) is 46.5 Å². The largest absolute Gasteiger partial charge is 0.399 e. The zero-order valence-corrected chi connectivity index (χ0v) is 13.5. The van der Waals surface area contributed by atoms with Crippen LogP contribution in [0.15, 0.2) is 23.1 Å². The first-order valence-corrected chi connectivity index (χ1v) is 7.83. The predicted molar refractivity (Wildman–Crippen MR) is 83.4 cm³/mol. The van der Waals surface area contributed by atoms with Gasteiger partial charge in [-0.2, -0.15) is 0 Å². The topological polar surface area (TPSA) is 87.5 Å². The van der Waals surface area contributed by atoms with E-state index in [-0.39, 0.29) is 10.4 Å². The first-order valence-electron chi connectivity index (χ1n) is 6.34. The maximum atomic E-state index is 12.0. The molecule has 0 saturated heterocycles. The lowest BCUT2D eigenvalue weighted by molar-refractivity contribution is 0.210. The Hall–Kier alpha value is -1.31. The number of hydrogen-bond donors (Lipinski definition) is 3. The van der Waals surface area contributed by atoms with Gasteiger partial charge < -0.3 is 16.0 Å². The highest BCUT2D eigenvalue weighted by atomic mass is 32.2. The third kappa shape index (κ3) is 3.84. The quantitative estimate of drug-likeness (QED) is 0.680. The molecule has 0 aliphatic heterocycles. The second-order valence-electron chi connectivity index (χ2n) is 5.52. The minimum absolute atomic E-state index is 0.109. The van der Waals surface area contributed by atoms with Crippen LogP contribution < -0.4 is 15.8 Å². The van der Waals surface area contributed by atoms with Gasteiger partial charge in [0.1, 0.15) is 4.90 Å². The maximum Gasteiger partial charge on any atom is 0.242 e. The van der Waals surface area contributed by atoms with Crippen molar-refractivity contribution < 1.29 is 8.42 Å². The van der Waals surface area contributed by atoms with E-state index in [1.54, 1.807) is 12.1 Å². The lowest BCUT2D eigenvalue weighted by atomic mass is 10.0. The van der Waals surface area contributed by atoms with E-state index in [4.69, 9.17) is 5.73 Å². The average Bonchev–Trinajstić information content (AvgIpc) is 2.37. The molecule has 0 atom stereocenters. The summed E-state index contributed by atoms with van der Waals surface area (Å²) in [5.74, 6) is 0. The molecule has 0 aliphatic carbocycles. The zero-order valence-electron chi connectivity index (χ0n) is 12.7. The summed E-state index contributed by atoms with van der Waals surface area (Å²) >= 11 is 0. The van der Waals surface area contributed by atoms with Crippen LogP contribution in [0.5, 0.6) is 0 Å². The van der Waals surface area contributed by atoms with Gasteiger partial charge in [-0.1, -0.05) is 0 Å². The van der Waals surface area contributed by atoms with Gasteiger partial charge in [-0.25, -0.2) is 13.1 Å². The third-order valence-electron chi connectivity index (χ3n) is 3.49. The van der Waals surface area contributed by atoms with E-state index in [1.807, 2.05) is 14.1 Å². The summed E-state index contributed by atoms with van der Waals surface area (Å²) in [7, 11) is 1.80. The monoisotopic (exact) mass is 300 g/mol. The maximum absolute atomic E-state index is 12.0. The molecule has 1 rings (SSSR count). The van der Waals surface area contributed by atoms with Crippen molar-refractivity contribution in [3.63, 3.8) is 0 Å².